The van der Waals surface area contributed by atoms with Gasteiger partial charge in [-0.05, 0) is 53.0 Å². The van der Waals surface area contributed by atoms with Crippen molar-refractivity contribution in [3.63, 3.8) is 0 Å². The molecule has 28 heavy (non-hydrogen) atoms. The summed E-state index contributed by atoms with van der Waals surface area (Å²) in [6.07, 6.45) is 9.05. The quantitative estimate of drug-likeness (QED) is 0.487. The number of fused-ring (bicyclic) bond motifs is 1. The van der Waals surface area contributed by atoms with Crippen molar-refractivity contribution in [1.82, 2.24) is 34.8 Å². The lowest BCUT2D eigenvalue weighted by Crippen LogP contribution is -2.34. The zero-order chi connectivity index (χ0) is 18.9. The van der Waals surface area contributed by atoms with Crippen LogP contribution in [0.3, 0.4) is 0 Å². The maximum absolute atomic E-state index is 4.78. The summed E-state index contributed by atoms with van der Waals surface area (Å²) in [5, 5.41) is 13.5. The molecule has 8 nitrogen and oxygen atoms in total. The number of halogens is 1. The van der Waals surface area contributed by atoms with Crippen LogP contribution < -0.4 is 4.90 Å². The summed E-state index contributed by atoms with van der Waals surface area (Å²) in [5.41, 5.74) is 2.61. The summed E-state index contributed by atoms with van der Waals surface area (Å²) in [6, 6.07) is 7.82. The van der Waals surface area contributed by atoms with Crippen molar-refractivity contribution in [2.24, 2.45) is 0 Å². The molecule has 0 bridgehead atoms. The molecule has 1 fully saturated rings. The molecule has 5 rings (SSSR count). The highest BCUT2D eigenvalue weighted by Crippen LogP contribution is 2.29. The molecule has 140 valence electrons. The van der Waals surface area contributed by atoms with E-state index in [1.807, 2.05) is 35.0 Å². The summed E-state index contributed by atoms with van der Waals surface area (Å²) in [4.78, 5) is 15.2. The fourth-order valence-corrected chi connectivity index (χ4v) is 3.74. The number of aromatic nitrogens is 7. The highest BCUT2D eigenvalue weighted by Gasteiger charge is 2.26. The van der Waals surface area contributed by atoms with Crippen LogP contribution in [0.4, 0.5) is 5.95 Å². The SMILES string of the molecule is Brc1cnc(N2CCC(c3nnc4ccc(-c5cccnc5)nn34)CC2)nc1. The molecule has 0 atom stereocenters. The Morgan fingerprint density at radius 3 is 2.54 bits per heavy atom. The fourth-order valence-electron chi connectivity index (χ4n) is 3.53. The highest BCUT2D eigenvalue weighted by atomic mass is 79.9. The lowest BCUT2D eigenvalue weighted by molar-refractivity contribution is 0.472. The standard InChI is InChI=1S/C19H17BrN8/c20-15-11-22-19(23-12-15)27-8-5-13(6-9-27)18-25-24-17-4-3-16(26-28(17)18)14-2-1-7-21-10-14/h1-4,7,10-13H,5-6,8-9H2. The largest absolute Gasteiger partial charge is 0.341 e. The van der Waals surface area contributed by atoms with E-state index in [-0.39, 0.29) is 0 Å². The number of pyridine rings is 1. The van der Waals surface area contributed by atoms with Crippen molar-refractivity contribution in [3.05, 3.63) is 59.3 Å². The number of piperidine rings is 1. The molecule has 0 N–H and O–H groups in total. The van der Waals surface area contributed by atoms with Crippen LogP contribution in [-0.2, 0) is 0 Å². The van der Waals surface area contributed by atoms with Gasteiger partial charge in [0.2, 0.25) is 5.95 Å². The molecule has 0 amide bonds. The summed E-state index contributed by atoms with van der Waals surface area (Å²) in [6.45, 7) is 1.76. The number of anilines is 1. The Morgan fingerprint density at radius 1 is 0.964 bits per heavy atom. The van der Waals surface area contributed by atoms with Crippen LogP contribution in [-0.4, -0.2) is 47.9 Å². The van der Waals surface area contributed by atoms with Gasteiger partial charge in [-0.2, -0.15) is 9.61 Å². The minimum Gasteiger partial charge on any atom is -0.341 e. The van der Waals surface area contributed by atoms with Crippen molar-refractivity contribution in [2.75, 3.05) is 18.0 Å². The first-order valence-electron chi connectivity index (χ1n) is 9.13. The van der Waals surface area contributed by atoms with Gasteiger partial charge in [0.25, 0.3) is 0 Å². The Kier molecular flexibility index (Phi) is 4.44. The first-order chi connectivity index (χ1) is 13.8. The minimum absolute atomic E-state index is 0.304. The summed E-state index contributed by atoms with van der Waals surface area (Å²) in [5.74, 6) is 1.99. The van der Waals surface area contributed by atoms with E-state index in [9.17, 15) is 0 Å². The van der Waals surface area contributed by atoms with E-state index in [0.29, 0.717) is 5.92 Å². The first kappa shape index (κ1) is 17.2. The van der Waals surface area contributed by atoms with Gasteiger partial charge in [-0.15, -0.1) is 10.2 Å². The molecule has 4 aromatic heterocycles. The molecule has 0 radical (unpaired) electrons. The molecular formula is C19H17BrN8. The second kappa shape index (κ2) is 7.23. The molecule has 1 aliphatic heterocycles. The minimum atomic E-state index is 0.304. The summed E-state index contributed by atoms with van der Waals surface area (Å²) < 4.78 is 2.76. The van der Waals surface area contributed by atoms with Crippen molar-refractivity contribution in [1.29, 1.82) is 0 Å². The van der Waals surface area contributed by atoms with Crippen LogP contribution in [0.2, 0.25) is 0 Å². The van der Waals surface area contributed by atoms with Gasteiger partial charge >= 0.3 is 0 Å². The van der Waals surface area contributed by atoms with Gasteiger partial charge in [-0.25, -0.2) is 9.97 Å². The Balaban J connectivity index is 1.39. The third kappa shape index (κ3) is 3.22. The monoisotopic (exact) mass is 436 g/mol. The van der Waals surface area contributed by atoms with Gasteiger partial charge in [-0.3, -0.25) is 4.98 Å². The average Bonchev–Trinajstić information content (AvgIpc) is 3.18. The molecule has 0 spiro atoms. The highest BCUT2D eigenvalue weighted by molar-refractivity contribution is 9.10. The first-order valence-corrected chi connectivity index (χ1v) is 9.92. The van der Waals surface area contributed by atoms with Gasteiger partial charge in [-0.1, -0.05) is 0 Å². The average molecular weight is 437 g/mol. The van der Waals surface area contributed by atoms with Crippen LogP contribution >= 0.6 is 15.9 Å². The van der Waals surface area contributed by atoms with E-state index in [0.717, 1.165) is 59.1 Å². The third-order valence-electron chi connectivity index (χ3n) is 4.99. The zero-order valence-corrected chi connectivity index (χ0v) is 16.6. The van der Waals surface area contributed by atoms with Crippen molar-refractivity contribution < 1.29 is 0 Å². The van der Waals surface area contributed by atoms with Gasteiger partial charge in [0.05, 0.1) is 10.2 Å². The number of hydrogen-bond acceptors (Lipinski definition) is 7. The van der Waals surface area contributed by atoms with Crippen LogP contribution in [0, 0.1) is 0 Å². The molecule has 4 aromatic rings. The smallest absolute Gasteiger partial charge is 0.225 e. The Bertz CT molecular complexity index is 1090. The number of nitrogens with zero attached hydrogens (tertiary/aromatic N) is 8. The molecular weight excluding hydrogens is 420 g/mol. The van der Waals surface area contributed by atoms with E-state index >= 15 is 0 Å². The molecule has 0 saturated carbocycles. The second-order valence-corrected chi connectivity index (χ2v) is 7.67. The van der Waals surface area contributed by atoms with Crippen molar-refractivity contribution >= 4 is 27.5 Å². The van der Waals surface area contributed by atoms with E-state index in [2.05, 4.69) is 46.0 Å². The molecule has 0 unspecified atom stereocenters. The lowest BCUT2D eigenvalue weighted by atomic mass is 9.96. The summed E-state index contributed by atoms with van der Waals surface area (Å²) >= 11 is 3.38. The van der Waals surface area contributed by atoms with E-state index in [1.165, 1.54) is 0 Å². The third-order valence-corrected chi connectivity index (χ3v) is 5.40. The van der Waals surface area contributed by atoms with Gasteiger partial charge in [0.1, 0.15) is 0 Å². The van der Waals surface area contributed by atoms with Gasteiger partial charge in [0.15, 0.2) is 11.5 Å². The molecule has 0 aromatic carbocycles. The molecule has 5 heterocycles. The van der Waals surface area contributed by atoms with Crippen LogP contribution in [0.1, 0.15) is 24.6 Å². The predicted molar refractivity (Wildman–Crippen MR) is 108 cm³/mol. The van der Waals surface area contributed by atoms with Crippen LogP contribution in [0.5, 0.6) is 0 Å². The zero-order valence-electron chi connectivity index (χ0n) is 15.0. The van der Waals surface area contributed by atoms with Gasteiger partial charge < -0.3 is 4.90 Å². The van der Waals surface area contributed by atoms with E-state index in [1.54, 1.807) is 18.6 Å². The molecule has 1 saturated heterocycles. The number of rotatable bonds is 3. The Morgan fingerprint density at radius 2 is 1.79 bits per heavy atom. The maximum Gasteiger partial charge on any atom is 0.225 e. The molecule has 1 aliphatic rings. The normalized spacial score (nSPS) is 15.2. The van der Waals surface area contributed by atoms with Crippen LogP contribution in [0.15, 0.2) is 53.5 Å². The topological polar surface area (TPSA) is 85.0 Å². The van der Waals surface area contributed by atoms with Crippen molar-refractivity contribution in [2.45, 2.75) is 18.8 Å². The maximum atomic E-state index is 4.78. The van der Waals surface area contributed by atoms with Gasteiger partial charge in [0, 0.05) is 49.4 Å². The fraction of sp³-hybridized carbons (Fsp3) is 0.263. The van der Waals surface area contributed by atoms with E-state index < -0.39 is 0 Å². The van der Waals surface area contributed by atoms with Crippen LogP contribution in [0.25, 0.3) is 16.9 Å². The molecule has 0 aliphatic carbocycles. The van der Waals surface area contributed by atoms with E-state index in [4.69, 9.17) is 5.10 Å². The summed E-state index contributed by atoms with van der Waals surface area (Å²) in [7, 11) is 0. The predicted octanol–water partition coefficient (Wildman–Crippen LogP) is 3.12. The second-order valence-electron chi connectivity index (χ2n) is 6.75. The van der Waals surface area contributed by atoms with Crippen molar-refractivity contribution in [3.8, 4) is 11.3 Å². The molecule has 9 heteroatoms. The number of hydrogen-bond donors (Lipinski definition) is 0. The lowest BCUT2D eigenvalue weighted by Gasteiger charge is -2.30. The Hall–Kier alpha value is -2.94. The Labute approximate surface area is 169 Å².